The van der Waals surface area contributed by atoms with Gasteiger partial charge in [0.2, 0.25) is 5.91 Å². The average molecular weight is 461 g/mol. The van der Waals surface area contributed by atoms with Gasteiger partial charge in [0.15, 0.2) is 0 Å². The molecular formula is C25H31F3N4O. The maximum absolute atomic E-state index is 13.3. The largest absolute Gasteiger partial charge is 0.416 e. The van der Waals surface area contributed by atoms with Gasteiger partial charge in [-0.2, -0.15) is 13.2 Å². The van der Waals surface area contributed by atoms with Crippen LogP contribution in [0.2, 0.25) is 0 Å². The zero-order valence-corrected chi connectivity index (χ0v) is 19.1. The second-order valence-corrected chi connectivity index (χ2v) is 10.2. The zero-order valence-electron chi connectivity index (χ0n) is 19.1. The maximum Gasteiger partial charge on any atom is 0.416 e. The summed E-state index contributed by atoms with van der Waals surface area (Å²) in [5.41, 5.74) is 5.17. The van der Waals surface area contributed by atoms with Gasteiger partial charge in [0, 0.05) is 51.1 Å². The highest BCUT2D eigenvalue weighted by Gasteiger charge is 2.56. The molecule has 3 unspecified atom stereocenters. The van der Waals surface area contributed by atoms with Crippen LogP contribution in [0.1, 0.15) is 43.7 Å². The number of halogens is 3. The van der Waals surface area contributed by atoms with Crippen molar-refractivity contribution in [3.8, 4) is 0 Å². The minimum absolute atomic E-state index is 0.0664. The van der Waals surface area contributed by atoms with Crippen LogP contribution < -0.4 is 10.6 Å². The Kier molecular flexibility index (Phi) is 5.58. The predicted molar refractivity (Wildman–Crippen MR) is 119 cm³/mol. The number of alkyl halides is 3. The molecule has 8 heteroatoms. The van der Waals surface area contributed by atoms with E-state index in [1.807, 2.05) is 11.9 Å². The van der Waals surface area contributed by atoms with Crippen molar-refractivity contribution in [3.05, 3.63) is 52.4 Å². The number of nitrogens with one attached hydrogen (secondary N) is 2. The molecule has 2 saturated heterocycles. The molecule has 3 fully saturated rings. The van der Waals surface area contributed by atoms with Crippen LogP contribution in [0.3, 0.4) is 0 Å². The predicted octanol–water partition coefficient (Wildman–Crippen LogP) is 3.49. The van der Waals surface area contributed by atoms with E-state index < -0.39 is 17.3 Å². The lowest BCUT2D eigenvalue weighted by atomic mass is 9.85. The summed E-state index contributed by atoms with van der Waals surface area (Å²) in [6, 6.07) is 5.30. The van der Waals surface area contributed by atoms with Crippen LogP contribution in [-0.4, -0.2) is 54.1 Å². The van der Waals surface area contributed by atoms with E-state index in [0.29, 0.717) is 19.0 Å². The number of benzene rings is 1. The molecular weight excluding hydrogens is 429 g/mol. The van der Waals surface area contributed by atoms with Gasteiger partial charge in [0.05, 0.1) is 17.4 Å². The third kappa shape index (κ3) is 4.09. The van der Waals surface area contributed by atoms with Crippen LogP contribution in [0.5, 0.6) is 0 Å². The van der Waals surface area contributed by atoms with Crippen molar-refractivity contribution < 1.29 is 18.0 Å². The number of hydrogen-bond acceptors (Lipinski definition) is 4. The average Bonchev–Trinajstić information content (AvgIpc) is 3.22. The summed E-state index contributed by atoms with van der Waals surface area (Å²) in [5.74, 6) is 1.14. The Labute approximate surface area is 192 Å². The second kappa shape index (κ2) is 8.19. The van der Waals surface area contributed by atoms with E-state index in [-0.39, 0.29) is 18.0 Å². The van der Waals surface area contributed by atoms with E-state index >= 15 is 0 Å². The zero-order chi connectivity index (χ0) is 23.4. The smallest absolute Gasteiger partial charge is 0.367 e. The molecule has 5 rings (SSSR count). The molecule has 1 aromatic carbocycles. The van der Waals surface area contributed by atoms with Gasteiger partial charge in [0.25, 0.3) is 0 Å². The van der Waals surface area contributed by atoms with Crippen LogP contribution in [0, 0.1) is 11.8 Å². The van der Waals surface area contributed by atoms with Gasteiger partial charge in [-0.3, -0.25) is 15.4 Å². The normalized spacial score (nSPS) is 29.7. The summed E-state index contributed by atoms with van der Waals surface area (Å²) < 4.78 is 38.3. The third-order valence-electron chi connectivity index (χ3n) is 7.87. The molecule has 1 amide bonds. The molecule has 0 aromatic heterocycles. The van der Waals surface area contributed by atoms with Gasteiger partial charge in [-0.25, -0.2) is 0 Å². The fourth-order valence-electron chi connectivity index (χ4n) is 5.41. The number of likely N-dealkylation sites (tertiary alicyclic amines) is 1. The second-order valence-electron chi connectivity index (χ2n) is 10.2. The third-order valence-corrected chi connectivity index (χ3v) is 7.87. The van der Waals surface area contributed by atoms with Crippen molar-refractivity contribution in [1.82, 2.24) is 20.4 Å². The summed E-state index contributed by atoms with van der Waals surface area (Å²) >= 11 is 0. The highest BCUT2D eigenvalue weighted by atomic mass is 19.4. The highest BCUT2D eigenvalue weighted by molar-refractivity contribution is 5.90. The standard InChI is InChI=1S/C25H31F3N4O/c1-16-12-32(14-17-4-3-5-17)23(33)24(16)15-29-22(30-24)19-10-21(11-19)31(2)13-18-6-8-20(9-7-18)25(26,27)28/h6-9,16-17,22,29-30H,3-5,10,12-15H2,1-2H3. The minimum Gasteiger partial charge on any atom is -0.367 e. The van der Waals surface area contributed by atoms with E-state index in [1.54, 1.807) is 0 Å². The Balaban J connectivity index is 1.21. The first kappa shape index (κ1) is 22.5. The number of nitrogens with zero attached hydrogens (tertiary/aromatic N) is 2. The first-order valence-electron chi connectivity index (χ1n) is 11.8. The fraction of sp³-hybridized carbons (Fsp3) is 0.600. The number of amides is 1. The number of carbonyl (C=O) groups excluding carboxylic acids is 1. The molecule has 5 nitrogen and oxygen atoms in total. The topological polar surface area (TPSA) is 47.6 Å². The van der Waals surface area contributed by atoms with Gasteiger partial charge >= 0.3 is 6.18 Å². The van der Waals surface area contributed by atoms with Gasteiger partial charge < -0.3 is 9.80 Å². The molecule has 2 aliphatic carbocycles. The Morgan fingerprint density at radius 3 is 2.55 bits per heavy atom. The van der Waals surface area contributed by atoms with E-state index in [2.05, 4.69) is 28.2 Å². The first-order valence-corrected chi connectivity index (χ1v) is 11.8. The van der Waals surface area contributed by atoms with Crippen molar-refractivity contribution in [1.29, 1.82) is 0 Å². The number of rotatable bonds is 6. The molecule has 2 heterocycles. The van der Waals surface area contributed by atoms with E-state index in [1.165, 1.54) is 31.4 Å². The number of hydrogen-bond donors (Lipinski definition) is 2. The summed E-state index contributed by atoms with van der Waals surface area (Å²) in [5, 5.41) is 7.08. The van der Waals surface area contributed by atoms with Crippen molar-refractivity contribution in [2.24, 2.45) is 11.8 Å². The summed E-state index contributed by atoms with van der Waals surface area (Å²) in [6.07, 6.45) is 0.115. The molecule has 0 bridgehead atoms. The molecule has 178 valence electrons. The van der Waals surface area contributed by atoms with Crippen LogP contribution in [0.25, 0.3) is 0 Å². The van der Waals surface area contributed by atoms with Crippen molar-refractivity contribution in [2.45, 2.75) is 57.0 Å². The number of carbonyl (C=O) groups is 1. The van der Waals surface area contributed by atoms with Crippen LogP contribution in [-0.2, 0) is 17.5 Å². The Bertz CT molecular complexity index is 994. The lowest BCUT2D eigenvalue weighted by Crippen LogP contribution is -2.55. The molecule has 2 N–H and O–H groups in total. The fourth-order valence-corrected chi connectivity index (χ4v) is 5.41. The van der Waals surface area contributed by atoms with Crippen molar-refractivity contribution >= 4 is 5.91 Å². The van der Waals surface area contributed by atoms with Crippen molar-refractivity contribution in [2.75, 3.05) is 26.7 Å². The Morgan fingerprint density at radius 1 is 1.24 bits per heavy atom. The molecule has 1 spiro atoms. The lowest BCUT2D eigenvalue weighted by Gasteiger charge is -2.32. The molecule has 1 aromatic rings. The SMILES string of the molecule is CC1CN(CC2CCC2)C(=O)C12CNC(C1=C=C(N(C)Cc3ccc(C(F)(F)F)cc3)C1)N2. The molecule has 1 saturated carbocycles. The van der Waals surface area contributed by atoms with E-state index in [0.717, 1.165) is 48.5 Å². The summed E-state index contributed by atoms with van der Waals surface area (Å²) in [7, 11) is 1.93. The quantitative estimate of drug-likeness (QED) is 0.639. The van der Waals surface area contributed by atoms with E-state index in [4.69, 9.17) is 0 Å². The first-order chi connectivity index (χ1) is 15.7. The van der Waals surface area contributed by atoms with Gasteiger partial charge in [-0.15, -0.1) is 0 Å². The van der Waals surface area contributed by atoms with Gasteiger partial charge in [-0.05, 0) is 36.5 Å². The summed E-state index contributed by atoms with van der Waals surface area (Å²) in [6.45, 7) is 5.01. The Hall–Kier alpha value is -2.28. The minimum atomic E-state index is -4.32. The maximum atomic E-state index is 13.3. The van der Waals surface area contributed by atoms with E-state index in [9.17, 15) is 18.0 Å². The highest BCUT2D eigenvalue weighted by Crippen LogP contribution is 2.37. The van der Waals surface area contributed by atoms with Gasteiger partial charge in [-0.1, -0.05) is 31.2 Å². The Morgan fingerprint density at radius 2 is 1.94 bits per heavy atom. The molecule has 33 heavy (non-hydrogen) atoms. The van der Waals surface area contributed by atoms with Gasteiger partial charge in [0.1, 0.15) is 5.54 Å². The van der Waals surface area contributed by atoms with Crippen molar-refractivity contribution in [3.63, 3.8) is 0 Å². The van der Waals surface area contributed by atoms with Crippen LogP contribution in [0.4, 0.5) is 13.2 Å². The lowest BCUT2D eigenvalue weighted by molar-refractivity contribution is -0.137. The van der Waals surface area contributed by atoms with Crippen LogP contribution in [0.15, 0.2) is 41.3 Å². The molecule has 4 aliphatic rings. The molecule has 0 radical (unpaired) electrons. The summed E-state index contributed by atoms with van der Waals surface area (Å²) in [4.78, 5) is 17.3. The monoisotopic (exact) mass is 460 g/mol. The molecule has 3 atom stereocenters. The molecule has 2 aliphatic heterocycles. The van der Waals surface area contributed by atoms with Crippen LogP contribution >= 0.6 is 0 Å².